The monoisotopic (exact) mass is 395 g/mol. The number of hydrogen-bond acceptors (Lipinski definition) is 6. The third-order valence-electron chi connectivity index (χ3n) is 3.58. The van der Waals surface area contributed by atoms with E-state index in [1.807, 2.05) is 0 Å². The molecule has 0 radical (unpaired) electrons. The second kappa shape index (κ2) is 8.15. The van der Waals surface area contributed by atoms with Gasteiger partial charge < -0.3 is 10.2 Å². The summed E-state index contributed by atoms with van der Waals surface area (Å²) in [6.45, 7) is 0. The summed E-state index contributed by atoms with van der Waals surface area (Å²) < 4.78 is 31.4. The number of carboxylic acids is 1. The molecule has 0 fully saturated rings. The molecule has 0 aliphatic rings. The molecule has 0 aliphatic heterocycles. The van der Waals surface area contributed by atoms with Gasteiger partial charge in [0.1, 0.15) is 11.3 Å². The second-order valence-electron chi connectivity index (χ2n) is 5.37. The van der Waals surface area contributed by atoms with Gasteiger partial charge in [-0.05, 0) is 53.2 Å². The van der Waals surface area contributed by atoms with Gasteiger partial charge in [0.2, 0.25) is 0 Å². The molecule has 0 saturated heterocycles. The number of azo groups is 1. The topological polar surface area (TPSA) is 137 Å². The van der Waals surface area contributed by atoms with E-state index in [1.54, 1.807) is 18.2 Å². The van der Waals surface area contributed by atoms with Crippen LogP contribution < -0.4 is 29.6 Å². The van der Waals surface area contributed by atoms with Crippen molar-refractivity contribution >= 4 is 38.2 Å². The number of aromatic hydroxyl groups is 1. The first-order valence-electron chi connectivity index (χ1n) is 7.23. The van der Waals surface area contributed by atoms with E-state index < -0.39 is 16.1 Å². The normalized spacial score (nSPS) is 11.4. The Bertz CT molecular complexity index is 1160. The van der Waals surface area contributed by atoms with E-state index in [9.17, 15) is 18.3 Å². The third-order valence-corrected chi connectivity index (χ3v) is 4.43. The molecule has 0 unspecified atom stereocenters. The second-order valence-corrected chi connectivity index (χ2v) is 6.80. The smallest absolute Gasteiger partial charge is 0.507 e. The number of fused-ring (bicyclic) bond motifs is 1. The zero-order valence-corrected chi connectivity index (χ0v) is 16.9. The van der Waals surface area contributed by atoms with Gasteiger partial charge in [0, 0.05) is 0 Å². The van der Waals surface area contributed by atoms with Crippen LogP contribution in [0.2, 0.25) is 0 Å². The number of benzene rings is 3. The summed E-state index contributed by atoms with van der Waals surface area (Å²) in [5.74, 6) is -1.64. The van der Waals surface area contributed by atoms with E-state index >= 15 is 0 Å². The standard InChI is InChI=1S/C17H12N2O6S.Na/c20-16-6-4-13(9-15(16)17(21)22)19-18-12-3-1-11-8-14(26(23,24)25)5-2-10(11)7-12;/h1-9,20H,(H,21,22)(H,23,24,25);/q;+1. The van der Waals surface area contributed by atoms with Crippen LogP contribution >= 0.6 is 0 Å². The molecule has 0 amide bonds. The molecular weight excluding hydrogens is 383 g/mol. The molecule has 0 heterocycles. The van der Waals surface area contributed by atoms with Gasteiger partial charge in [0.25, 0.3) is 10.1 Å². The predicted molar refractivity (Wildman–Crippen MR) is 93.0 cm³/mol. The number of hydrogen-bond donors (Lipinski definition) is 3. The maximum absolute atomic E-state index is 11.2. The predicted octanol–water partition coefficient (Wildman–Crippen LogP) is 0.910. The molecule has 3 rings (SSSR count). The van der Waals surface area contributed by atoms with Crippen molar-refractivity contribution in [2.45, 2.75) is 4.90 Å². The van der Waals surface area contributed by atoms with Crippen molar-refractivity contribution in [2.24, 2.45) is 10.2 Å². The first-order chi connectivity index (χ1) is 12.2. The summed E-state index contributed by atoms with van der Waals surface area (Å²) in [6, 6.07) is 12.9. The quantitative estimate of drug-likeness (QED) is 0.341. The van der Waals surface area contributed by atoms with Crippen molar-refractivity contribution in [2.75, 3.05) is 0 Å². The van der Waals surface area contributed by atoms with Gasteiger partial charge in [0.05, 0.1) is 16.3 Å². The molecule has 0 aliphatic carbocycles. The van der Waals surface area contributed by atoms with Gasteiger partial charge in [-0.15, -0.1) is 0 Å². The molecular formula is C17H12N2NaO6S+. The van der Waals surface area contributed by atoms with Crippen molar-refractivity contribution in [1.29, 1.82) is 0 Å². The van der Waals surface area contributed by atoms with Crippen LogP contribution in [0.5, 0.6) is 5.75 Å². The Kier molecular flexibility index (Phi) is 6.34. The summed E-state index contributed by atoms with van der Waals surface area (Å²) >= 11 is 0. The van der Waals surface area contributed by atoms with E-state index in [1.165, 1.54) is 36.4 Å². The number of nitrogens with zero attached hydrogens (tertiary/aromatic N) is 2. The fourth-order valence-corrected chi connectivity index (χ4v) is 2.82. The number of rotatable bonds is 4. The summed E-state index contributed by atoms with van der Waals surface area (Å²) in [7, 11) is -4.28. The summed E-state index contributed by atoms with van der Waals surface area (Å²) in [6.07, 6.45) is 0. The van der Waals surface area contributed by atoms with Gasteiger partial charge in [0.15, 0.2) is 0 Å². The minimum Gasteiger partial charge on any atom is -0.507 e. The molecule has 10 heteroatoms. The fraction of sp³-hybridized carbons (Fsp3) is 0. The van der Waals surface area contributed by atoms with Crippen LogP contribution in [-0.4, -0.2) is 29.2 Å². The summed E-state index contributed by atoms with van der Waals surface area (Å²) in [5.41, 5.74) is 0.432. The minimum absolute atomic E-state index is 0. The van der Waals surface area contributed by atoms with Gasteiger partial charge in [-0.2, -0.15) is 18.6 Å². The molecule has 27 heavy (non-hydrogen) atoms. The Balaban J connectivity index is 0.00000261. The van der Waals surface area contributed by atoms with Crippen molar-refractivity contribution in [1.82, 2.24) is 0 Å². The van der Waals surface area contributed by atoms with E-state index in [0.717, 1.165) is 0 Å². The average Bonchev–Trinajstić information content (AvgIpc) is 2.59. The Morgan fingerprint density at radius 2 is 1.41 bits per heavy atom. The molecule has 0 spiro atoms. The summed E-state index contributed by atoms with van der Waals surface area (Å²) in [4.78, 5) is 10.8. The van der Waals surface area contributed by atoms with Gasteiger partial charge in [-0.25, -0.2) is 4.79 Å². The minimum atomic E-state index is -4.28. The Morgan fingerprint density at radius 1 is 0.852 bits per heavy atom. The van der Waals surface area contributed by atoms with Crippen LogP contribution in [0.3, 0.4) is 0 Å². The molecule has 3 N–H and O–H groups in total. The van der Waals surface area contributed by atoms with Gasteiger partial charge >= 0.3 is 35.5 Å². The van der Waals surface area contributed by atoms with Gasteiger partial charge in [-0.3, -0.25) is 4.55 Å². The Labute approximate surface area is 176 Å². The number of aromatic carboxylic acids is 1. The van der Waals surface area contributed by atoms with Crippen LogP contribution in [0.15, 0.2) is 69.7 Å². The first kappa shape index (κ1) is 21.0. The van der Waals surface area contributed by atoms with Crippen LogP contribution in [0, 0.1) is 0 Å². The summed E-state index contributed by atoms with van der Waals surface area (Å²) in [5, 5.41) is 27.7. The van der Waals surface area contributed by atoms with E-state index in [-0.39, 0.29) is 51.5 Å². The Hall–Kier alpha value is -2.30. The first-order valence-corrected chi connectivity index (χ1v) is 8.67. The van der Waals surface area contributed by atoms with Crippen LogP contribution in [0.4, 0.5) is 11.4 Å². The Morgan fingerprint density at radius 3 is 2.04 bits per heavy atom. The maximum Gasteiger partial charge on any atom is 1.00 e. The van der Waals surface area contributed by atoms with Gasteiger partial charge in [-0.1, -0.05) is 12.1 Å². The van der Waals surface area contributed by atoms with Crippen LogP contribution in [0.1, 0.15) is 10.4 Å². The molecule has 0 aromatic heterocycles. The molecule has 3 aromatic rings. The van der Waals surface area contributed by atoms with E-state index in [4.69, 9.17) is 9.66 Å². The van der Waals surface area contributed by atoms with E-state index in [2.05, 4.69) is 10.2 Å². The zero-order valence-electron chi connectivity index (χ0n) is 14.1. The van der Waals surface area contributed by atoms with Crippen LogP contribution in [-0.2, 0) is 10.1 Å². The van der Waals surface area contributed by atoms with Crippen molar-refractivity contribution in [3.05, 3.63) is 60.2 Å². The molecule has 0 bridgehead atoms. The zero-order chi connectivity index (χ0) is 18.9. The van der Waals surface area contributed by atoms with Crippen molar-refractivity contribution in [3.63, 3.8) is 0 Å². The molecule has 132 valence electrons. The molecule has 8 nitrogen and oxygen atoms in total. The van der Waals surface area contributed by atoms with Crippen molar-refractivity contribution < 1.29 is 57.5 Å². The van der Waals surface area contributed by atoms with Crippen LogP contribution in [0.25, 0.3) is 10.8 Å². The molecule has 0 saturated carbocycles. The SMILES string of the molecule is O=C(O)c1cc(N=Nc2ccc3cc(S(=O)(=O)O)ccc3c2)ccc1O.[Na+]. The van der Waals surface area contributed by atoms with Crippen molar-refractivity contribution in [3.8, 4) is 5.75 Å². The average molecular weight is 395 g/mol. The molecule has 3 aromatic carbocycles. The number of phenols is 1. The fourth-order valence-electron chi connectivity index (χ4n) is 2.31. The van der Waals surface area contributed by atoms with E-state index in [0.29, 0.717) is 16.5 Å². The number of carbonyl (C=O) groups is 1. The molecule has 0 atom stereocenters. The third kappa shape index (κ3) is 4.90. The maximum atomic E-state index is 11.2. The largest absolute Gasteiger partial charge is 1.00 e. The number of carboxylic acid groups (broad SMARTS) is 1.